The molecule has 0 amide bonds. The molecule has 1 atom stereocenters. The summed E-state index contributed by atoms with van der Waals surface area (Å²) in [6.07, 6.45) is -4.69. The summed E-state index contributed by atoms with van der Waals surface area (Å²) in [5, 5.41) is 9.97. The van der Waals surface area contributed by atoms with Crippen LogP contribution in [0.3, 0.4) is 0 Å². The fraction of sp³-hybridized carbons (Fsp3) is 0.118. The lowest BCUT2D eigenvalue weighted by molar-refractivity contribution is -0.244. The van der Waals surface area contributed by atoms with Gasteiger partial charge in [0.15, 0.2) is 5.78 Å². The molecule has 7 heteroatoms. The van der Waals surface area contributed by atoms with E-state index < -0.39 is 23.1 Å². The maximum absolute atomic E-state index is 13.2. The average Bonchev–Trinajstić information content (AvgIpc) is 2.53. The molecule has 2 aromatic rings. The van der Waals surface area contributed by atoms with Crippen LogP contribution in [-0.4, -0.2) is 17.1 Å². The maximum Gasteiger partial charge on any atom is 0.425 e. The Morgan fingerprint density at radius 2 is 1.58 bits per heavy atom. The molecule has 0 spiro atoms. The van der Waals surface area contributed by atoms with E-state index in [0.717, 1.165) is 12.1 Å². The second-order valence-electron chi connectivity index (χ2n) is 5.22. The van der Waals surface area contributed by atoms with Crippen LogP contribution in [0.1, 0.15) is 21.5 Å². The van der Waals surface area contributed by atoms with E-state index in [1.165, 1.54) is 30.3 Å². The SMILES string of the molecule is C=CC(O)(c1cc(C(=O)c2ccc(N)cc2)ccc1N)C(F)(F)F. The van der Waals surface area contributed by atoms with Gasteiger partial charge in [-0.05, 0) is 48.5 Å². The number of ketones is 1. The topological polar surface area (TPSA) is 89.3 Å². The van der Waals surface area contributed by atoms with E-state index in [2.05, 4.69) is 6.58 Å². The molecule has 1 unspecified atom stereocenters. The van der Waals surface area contributed by atoms with Crippen molar-refractivity contribution in [2.45, 2.75) is 11.8 Å². The monoisotopic (exact) mass is 336 g/mol. The first-order chi connectivity index (χ1) is 11.1. The van der Waals surface area contributed by atoms with Crippen molar-refractivity contribution in [3.8, 4) is 0 Å². The van der Waals surface area contributed by atoms with E-state index in [-0.39, 0.29) is 16.8 Å². The fourth-order valence-corrected chi connectivity index (χ4v) is 2.21. The number of anilines is 2. The van der Waals surface area contributed by atoms with Gasteiger partial charge in [-0.25, -0.2) is 0 Å². The number of nitrogens with two attached hydrogens (primary N) is 2. The number of halogens is 3. The predicted molar refractivity (Wildman–Crippen MR) is 85.3 cm³/mol. The lowest BCUT2D eigenvalue weighted by Crippen LogP contribution is -2.41. The quantitative estimate of drug-likeness (QED) is 0.455. The Bertz CT molecular complexity index is 785. The Labute approximate surface area is 136 Å². The molecular weight excluding hydrogens is 321 g/mol. The van der Waals surface area contributed by atoms with Crippen LogP contribution in [0, 0.1) is 0 Å². The minimum Gasteiger partial charge on any atom is -0.399 e. The smallest absolute Gasteiger partial charge is 0.399 e. The molecule has 0 fully saturated rings. The second kappa shape index (κ2) is 6.01. The van der Waals surface area contributed by atoms with Gasteiger partial charge in [0.05, 0.1) is 0 Å². The lowest BCUT2D eigenvalue weighted by atomic mass is 9.89. The first kappa shape index (κ1) is 17.6. The molecule has 0 saturated heterocycles. The van der Waals surface area contributed by atoms with Gasteiger partial charge in [0.25, 0.3) is 0 Å². The van der Waals surface area contributed by atoms with Gasteiger partial charge in [0.2, 0.25) is 5.60 Å². The van der Waals surface area contributed by atoms with Crippen LogP contribution in [0.2, 0.25) is 0 Å². The van der Waals surface area contributed by atoms with Crippen molar-refractivity contribution in [1.82, 2.24) is 0 Å². The van der Waals surface area contributed by atoms with Gasteiger partial charge in [-0.2, -0.15) is 13.2 Å². The standard InChI is InChI=1S/C17H15F3N2O2/c1-2-16(24,17(18,19)20)13-9-11(5-8-14(13)22)15(23)10-3-6-12(21)7-4-10/h2-9,24H,1,21-22H2. The molecular formula is C17H15F3N2O2. The summed E-state index contributed by atoms with van der Waals surface area (Å²) in [6.45, 7) is 3.03. The Morgan fingerprint density at radius 3 is 2.08 bits per heavy atom. The molecule has 4 nitrogen and oxygen atoms in total. The molecule has 0 radical (unpaired) electrons. The molecule has 24 heavy (non-hydrogen) atoms. The molecule has 0 aliphatic rings. The van der Waals surface area contributed by atoms with Gasteiger partial charge in [-0.15, -0.1) is 0 Å². The molecule has 0 saturated carbocycles. The van der Waals surface area contributed by atoms with Crippen LogP contribution in [0.25, 0.3) is 0 Å². The zero-order valence-corrected chi connectivity index (χ0v) is 12.5. The fourth-order valence-electron chi connectivity index (χ4n) is 2.21. The van der Waals surface area contributed by atoms with E-state index in [9.17, 15) is 23.1 Å². The molecule has 0 heterocycles. The Hall–Kier alpha value is -2.80. The van der Waals surface area contributed by atoms with Crippen molar-refractivity contribution < 1.29 is 23.1 Å². The molecule has 0 bridgehead atoms. The van der Waals surface area contributed by atoms with Gasteiger partial charge < -0.3 is 16.6 Å². The number of benzene rings is 2. The van der Waals surface area contributed by atoms with Gasteiger partial charge in [0.1, 0.15) is 0 Å². The highest BCUT2D eigenvalue weighted by Gasteiger charge is 2.53. The van der Waals surface area contributed by atoms with E-state index in [0.29, 0.717) is 11.8 Å². The Balaban J connectivity index is 2.54. The van der Waals surface area contributed by atoms with Gasteiger partial charge in [-0.3, -0.25) is 4.79 Å². The summed E-state index contributed by atoms with van der Waals surface area (Å²) < 4.78 is 39.6. The zero-order chi connectivity index (χ0) is 18.1. The van der Waals surface area contributed by atoms with Crippen molar-refractivity contribution >= 4 is 17.2 Å². The normalized spacial score (nSPS) is 14.0. The van der Waals surface area contributed by atoms with Crippen molar-refractivity contribution in [1.29, 1.82) is 0 Å². The summed E-state index contributed by atoms with van der Waals surface area (Å²) in [5.74, 6) is -0.523. The van der Waals surface area contributed by atoms with Gasteiger partial charge >= 0.3 is 6.18 Å². The molecule has 2 aromatic carbocycles. The minimum absolute atomic E-state index is 0.0477. The maximum atomic E-state index is 13.2. The molecule has 0 aliphatic heterocycles. The third-order valence-corrected chi connectivity index (χ3v) is 3.63. The predicted octanol–water partition coefficient (Wildman–Crippen LogP) is 3.02. The molecule has 2 rings (SSSR count). The van der Waals surface area contributed by atoms with Crippen molar-refractivity contribution in [2.75, 3.05) is 11.5 Å². The van der Waals surface area contributed by atoms with Crippen LogP contribution in [0.15, 0.2) is 55.1 Å². The highest BCUT2D eigenvalue weighted by molar-refractivity contribution is 6.09. The van der Waals surface area contributed by atoms with Crippen LogP contribution in [-0.2, 0) is 5.60 Å². The third-order valence-electron chi connectivity index (χ3n) is 3.63. The van der Waals surface area contributed by atoms with Crippen molar-refractivity contribution in [2.24, 2.45) is 0 Å². The summed E-state index contributed by atoms with van der Waals surface area (Å²) in [4.78, 5) is 12.4. The Morgan fingerprint density at radius 1 is 1.04 bits per heavy atom. The summed E-state index contributed by atoms with van der Waals surface area (Å²) in [5.41, 5.74) is 7.45. The van der Waals surface area contributed by atoms with Crippen LogP contribution < -0.4 is 11.5 Å². The van der Waals surface area contributed by atoms with Crippen molar-refractivity contribution in [3.63, 3.8) is 0 Å². The minimum atomic E-state index is -5.04. The van der Waals surface area contributed by atoms with E-state index in [1.54, 1.807) is 0 Å². The van der Waals surface area contributed by atoms with Gasteiger partial charge in [-0.1, -0.05) is 6.58 Å². The number of hydrogen-bond acceptors (Lipinski definition) is 4. The number of alkyl halides is 3. The van der Waals surface area contributed by atoms with Crippen molar-refractivity contribution in [3.05, 3.63) is 71.8 Å². The largest absolute Gasteiger partial charge is 0.425 e. The zero-order valence-electron chi connectivity index (χ0n) is 12.5. The second-order valence-corrected chi connectivity index (χ2v) is 5.22. The van der Waals surface area contributed by atoms with Crippen LogP contribution >= 0.6 is 0 Å². The third kappa shape index (κ3) is 2.98. The summed E-state index contributed by atoms with van der Waals surface area (Å²) >= 11 is 0. The first-order valence-corrected chi connectivity index (χ1v) is 6.83. The van der Waals surface area contributed by atoms with E-state index in [1.807, 2.05) is 0 Å². The Kier molecular flexibility index (Phi) is 4.40. The molecule has 5 N–H and O–H groups in total. The number of rotatable bonds is 4. The highest BCUT2D eigenvalue weighted by atomic mass is 19.4. The molecule has 126 valence electrons. The lowest BCUT2D eigenvalue weighted by Gasteiger charge is -2.29. The number of carbonyl (C=O) groups excluding carboxylic acids is 1. The van der Waals surface area contributed by atoms with Crippen LogP contribution in [0.4, 0.5) is 24.5 Å². The van der Waals surface area contributed by atoms with Gasteiger partial charge in [0, 0.05) is 28.1 Å². The number of carbonyl (C=O) groups is 1. The summed E-state index contributed by atoms with van der Waals surface area (Å²) in [6, 6.07) is 9.26. The summed E-state index contributed by atoms with van der Waals surface area (Å²) in [7, 11) is 0. The number of hydrogen-bond donors (Lipinski definition) is 3. The van der Waals surface area contributed by atoms with Crippen LogP contribution in [0.5, 0.6) is 0 Å². The number of aliphatic hydroxyl groups is 1. The molecule has 0 aromatic heterocycles. The first-order valence-electron chi connectivity index (χ1n) is 6.83. The van der Waals surface area contributed by atoms with E-state index >= 15 is 0 Å². The number of nitrogen functional groups attached to an aromatic ring is 2. The van der Waals surface area contributed by atoms with E-state index in [4.69, 9.17) is 11.5 Å². The average molecular weight is 336 g/mol. The molecule has 0 aliphatic carbocycles. The highest BCUT2D eigenvalue weighted by Crippen LogP contribution is 2.42.